The first-order chi connectivity index (χ1) is 9.84. The number of aryl methyl sites for hydroxylation is 1. The van der Waals surface area contributed by atoms with E-state index in [0.29, 0.717) is 0 Å². The molecular weight excluding hydrogens is 261 g/mol. The van der Waals surface area contributed by atoms with Gasteiger partial charge in [0.1, 0.15) is 0 Å². The van der Waals surface area contributed by atoms with Crippen LogP contribution < -0.4 is 21.0 Å². The van der Waals surface area contributed by atoms with E-state index >= 15 is 0 Å². The molecule has 20 heavy (non-hydrogen) atoms. The highest BCUT2D eigenvalue weighted by molar-refractivity contribution is 7.79. The molecule has 1 nitrogen and oxygen atoms in total. The van der Waals surface area contributed by atoms with Crippen LogP contribution in [-0.2, 0) is 0 Å². The first-order valence-corrected chi connectivity index (χ1v) is 8.07. The molecule has 0 radical (unpaired) electrons. The van der Waals surface area contributed by atoms with Crippen LogP contribution in [0.2, 0.25) is 0 Å². The summed E-state index contributed by atoms with van der Waals surface area (Å²) < 4.78 is 0. The summed E-state index contributed by atoms with van der Waals surface area (Å²) in [5.41, 5.74) is 2.58. The number of hydrogen-bond donors (Lipinski definition) is 0. The van der Waals surface area contributed by atoms with Crippen LogP contribution in [0.1, 0.15) is 5.56 Å². The van der Waals surface area contributed by atoms with Crippen LogP contribution in [0.5, 0.6) is 0 Å². The second kappa shape index (κ2) is 5.98. The molecule has 1 N–H and O–H groups in total. The molecule has 1 heterocycles. The molecule has 0 aliphatic rings. The Hall–Kier alpha value is -1.98. The molecule has 2 aromatic carbocycles. The molecule has 0 amide bonds. The van der Waals surface area contributed by atoms with Crippen LogP contribution in [0.25, 0.3) is 0 Å². The van der Waals surface area contributed by atoms with Crippen LogP contribution in [0.4, 0.5) is 0 Å². The Bertz CT molecular complexity index is 641. The minimum atomic E-state index is -0.518. The van der Waals surface area contributed by atoms with Crippen molar-refractivity contribution in [1.29, 1.82) is 0 Å². The van der Waals surface area contributed by atoms with E-state index in [-0.39, 0.29) is 0 Å². The monoisotopic (exact) mass is 278 g/mol. The Balaban J connectivity index is 2.14. The quantitative estimate of drug-likeness (QED) is 0.654. The van der Waals surface area contributed by atoms with Crippen molar-refractivity contribution >= 4 is 24.0 Å². The fraction of sp³-hybridized carbons (Fsp3) is 0.0556. The zero-order valence-electron chi connectivity index (χ0n) is 11.5. The Morgan fingerprint density at radius 3 is 1.80 bits per heavy atom. The van der Waals surface area contributed by atoms with Crippen molar-refractivity contribution in [3.63, 3.8) is 0 Å². The Kier molecular flexibility index (Phi) is 3.90. The maximum atomic E-state index is 3.44. The average molecular weight is 278 g/mol. The van der Waals surface area contributed by atoms with E-state index in [2.05, 4.69) is 84.7 Å². The molecule has 0 aliphatic carbocycles. The van der Waals surface area contributed by atoms with Gasteiger partial charge in [-0.15, -0.1) is 0 Å². The van der Waals surface area contributed by atoms with Crippen LogP contribution in [0.3, 0.4) is 0 Å². The van der Waals surface area contributed by atoms with Crippen molar-refractivity contribution in [2.45, 2.75) is 6.92 Å². The number of aromatic nitrogens is 1. The molecule has 0 bridgehead atoms. The van der Waals surface area contributed by atoms with Gasteiger partial charge in [-0.05, 0) is 23.1 Å². The number of benzene rings is 2. The third kappa shape index (κ3) is 2.79. The Morgan fingerprint density at radius 1 is 0.750 bits per heavy atom. The predicted molar refractivity (Wildman–Crippen MR) is 86.4 cm³/mol. The van der Waals surface area contributed by atoms with E-state index in [9.17, 15) is 0 Å². The molecule has 0 unspecified atom stereocenters. The first kappa shape index (κ1) is 13.0. The van der Waals surface area contributed by atoms with E-state index < -0.39 is 7.92 Å². The zero-order chi connectivity index (χ0) is 13.8. The summed E-state index contributed by atoms with van der Waals surface area (Å²) >= 11 is 0. The minimum Gasteiger partial charge on any atom is -0.211 e. The average Bonchev–Trinajstić information content (AvgIpc) is 2.50. The van der Waals surface area contributed by atoms with E-state index in [1.165, 1.54) is 21.6 Å². The van der Waals surface area contributed by atoms with E-state index in [0.717, 1.165) is 0 Å². The topological polar surface area (TPSA) is 14.1 Å². The molecule has 0 fully saturated rings. The lowest BCUT2D eigenvalue weighted by molar-refractivity contribution is -0.355. The number of H-pyrrole nitrogens is 1. The second-order valence-electron chi connectivity index (χ2n) is 4.76. The van der Waals surface area contributed by atoms with E-state index in [1.807, 2.05) is 6.20 Å². The zero-order valence-corrected chi connectivity index (χ0v) is 12.3. The lowest BCUT2D eigenvalue weighted by Gasteiger charge is -2.14. The smallest absolute Gasteiger partial charge is 0.209 e. The lowest BCUT2D eigenvalue weighted by atomic mass is 10.3. The summed E-state index contributed by atoms with van der Waals surface area (Å²) in [6.07, 6.45) is 2.03. The summed E-state index contributed by atoms with van der Waals surface area (Å²) in [5.74, 6) is 0. The minimum absolute atomic E-state index is 0.518. The van der Waals surface area contributed by atoms with Gasteiger partial charge in [0.15, 0.2) is 6.20 Å². The summed E-state index contributed by atoms with van der Waals surface area (Å²) in [6.45, 7) is 2.14. The number of aromatic amines is 1. The summed E-state index contributed by atoms with van der Waals surface area (Å²) in [6, 6.07) is 25.8. The molecule has 0 saturated heterocycles. The van der Waals surface area contributed by atoms with Crippen LogP contribution in [0.15, 0.2) is 79.0 Å². The Labute approximate surface area is 121 Å². The van der Waals surface area contributed by atoms with Gasteiger partial charge in [-0.25, -0.2) is 4.98 Å². The van der Waals surface area contributed by atoms with Gasteiger partial charge < -0.3 is 0 Å². The molecule has 2 heteroatoms. The maximum absolute atomic E-state index is 3.44. The van der Waals surface area contributed by atoms with Crippen molar-refractivity contribution in [2.75, 3.05) is 0 Å². The highest BCUT2D eigenvalue weighted by Gasteiger charge is 2.21. The van der Waals surface area contributed by atoms with Crippen LogP contribution >= 0.6 is 7.92 Å². The van der Waals surface area contributed by atoms with Gasteiger partial charge in [-0.1, -0.05) is 60.7 Å². The van der Waals surface area contributed by atoms with Gasteiger partial charge in [0.05, 0.1) is 7.92 Å². The van der Waals surface area contributed by atoms with Crippen LogP contribution in [-0.4, -0.2) is 0 Å². The van der Waals surface area contributed by atoms with Crippen molar-refractivity contribution in [2.24, 2.45) is 0 Å². The SMILES string of the molecule is Cc1cc[nH+]c(P(c2ccccc2)c2ccccc2)c1. The van der Waals surface area contributed by atoms with E-state index in [4.69, 9.17) is 0 Å². The molecule has 1 aromatic heterocycles. The standard InChI is InChI=1S/C18H16NP/c1-15-12-13-19-18(14-15)20(16-8-4-2-5-9-16)17-10-6-3-7-11-17/h2-14H,1H3/p+1. The molecule has 0 saturated carbocycles. The fourth-order valence-corrected chi connectivity index (χ4v) is 4.61. The summed E-state index contributed by atoms with van der Waals surface area (Å²) in [4.78, 5) is 3.44. The maximum Gasteiger partial charge on any atom is 0.209 e. The van der Waals surface area contributed by atoms with Crippen molar-refractivity contribution in [3.05, 3.63) is 84.6 Å². The first-order valence-electron chi connectivity index (χ1n) is 6.73. The van der Waals surface area contributed by atoms with E-state index in [1.54, 1.807) is 0 Å². The van der Waals surface area contributed by atoms with Crippen molar-refractivity contribution in [1.82, 2.24) is 0 Å². The van der Waals surface area contributed by atoms with Gasteiger partial charge in [0.2, 0.25) is 5.44 Å². The highest BCUT2D eigenvalue weighted by Crippen LogP contribution is 2.30. The largest absolute Gasteiger partial charge is 0.211 e. The predicted octanol–water partition coefficient (Wildman–Crippen LogP) is 2.57. The lowest BCUT2D eigenvalue weighted by Crippen LogP contribution is -2.32. The van der Waals surface area contributed by atoms with Gasteiger partial charge in [-0.3, -0.25) is 0 Å². The third-order valence-corrected chi connectivity index (χ3v) is 5.58. The molecule has 3 rings (SSSR count). The number of rotatable bonds is 3. The molecular formula is C18H17NP+. The van der Waals surface area contributed by atoms with Crippen molar-refractivity contribution in [3.8, 4) is 0 Å². The molecule has 0 spiro atoms. The number of pyridine rings is 1. The fourth-order valence-electron chi connectivity index (χ4n) is 2.27. The summed E-state index contributed by atoms with van der Waals surface area (Å²) in [7, 11) is -0.518. The van der Waals surface area contributed by atoms with Crippen LogP contribution in [0, 0.1) is 6.92 Å². The van der Waals surface area contributed by atoms with Gasteiger partial charge in [-0.2, -0.15) is 0 Å². The van der Waals surface area contributed by atoms with Gasteiger partial charge in [0, 0.05) is 12.1 Å². The third-order valence-electron chi connectivity index (χ3n) is 3.21. The Morgan fingerprint density at radius 2 is 1.30 bits per heavy atom. The molecule has 0 aliphatic heterocycles. The highest BCUT2D eigenvalue weighted by atomic mass is 31.1. The molecule has 98 valence electrons. The second-order valence-corrected chi connectivity index (χ2v) is 6.94. The number of nitrogens with one attached hydrogen (secondary N) is 1. The number of hydrogen-bond acceptors (Lipinski definition) is 0. The van der Waals surface area contributed by atoms with Crippen molar-refractivity contribution < 1.29 is 4.98 Å². The van der Waals surface area contributed by atoms with Gasteiger partial charge in [0.25, 0.3) is 0 Å². The molecule has 0 atom stereocenters. The molecule has 3 aromatic rings. The normalized spacial score (nSPS) is 10.7. The van der Waals surface area contributed by atoms with Gasteiger partial charge >= 0.3 is 0 Å². The summed E-state index contributed by atoms with van der Waals surface area (Å²) in [5, 5.41) is 2.74.